The van der Waals surface area contributed by atoms with E-state index in [9.17, 15) is 9.18 Å². The first-order valence-corrected chi connectivity index (χ1v) is 8.07. The minimum absolute atomic E-state index is 0.0777. The second kappa shape index (κ2) is 6.25. The summed E-state index contributed by atoms with van der Waals surface area (Å²) in [5, 5.41) is 0. The normalized spacial score (nSPS) is 19.0. The lowest BCUT2D eigenvalue weighted by molar-refractivity contribution is 0.00578. The highest BCUT2D eigenvalue weighted by atomic mass is 19.1. The zero-order valence-corrected chi connectivity index (χ0v) is 14.8. The van der Waals surface area contributed by atoms with E-state index >= 15 is 0 Å². The van der Waals surface area contributed by atoms with E-state index < -0.39 is 24.1 Å². The van der Waals surface area contributed by atoms with Gasteiger partial charge >= 0.3 is 7.12 Å². The molecule has 0 aliphatic carbocycles. The molecule has 0 N–H and O–H groups in total. The van der Waals surface area contributed by atoms with Gasteiger partial charge in [0.05, 0.1) is 16.8 Å². The van der Waals surface area contributed by atoms with Crippen LogP contribution >= 0.6 is 0 Å². The molecule has 0 radical (unpaired) electrons. The molecule has 1 aliphatic heterocycles. The van der Waals surface area contributed by atoms with Crippen molar-refractivity contribution in [1.82, 2.24) is 4.90 Å². The average Bonchev–Trinajstić information content (AvgIpc) is 2.68. The SMILES string of the molecule is CCN(CC)C(=O)c1ccc(B2OC(C)(C)C(C)(C)O2)cc1F. The van der Waals surface area contributed by atoms with Crippen LogP contribution in [0.1, 0.15) is 51.9 Å². The average molecular weight is 321 g/mol. The van der Waals surface area contributed by atoms with E-state index in [4.69, 9.17) is 9.31 Å². The van der Waals surface area contributed by atoms with Gasteiger partial charge in [-0.2, -0.15) is 0 Å². The predicted molar refractivity (Wildman–Crippen MR) is 89.4 cm³/mol. The Kier molecular flexibility index (Phi) is 4.88. The number of hydrogen-bond donors (Lipinski definition) is 0. The van der Waals surface area contributed by atoms with E-state index in [1.54, 1.807) is 11.0 Å². The highest BCUT2D eigenvalue weighted by molar-refractivity contribution is 6.62. The van der Waals surface area contributed by atoms with Crippen molar-refractivity contribution in [2.75, 3.05) is 13.1 Å². The Morgan fingerprint density at radius 2 is 1.65 bits per heavy atom. The van der Waals surface area contributed by atoms with Crippen molar-refractivity contribution in [2.24, 2.45) is 0 Å². The highest BCUT2D eigenvalue weighted by Crippen LogP contribution is 2.36. The first-order chi connectivity index (χ1) is 10.6. The molecular weight excluding hydrogens is 296 g/mol. The first kappa shape index (κ1) is 18.0. The van der Waals surface area contributed by atoms with Crippen LogP contribution in [0.15, 0.2) is 18.2 Å². The number of carbonyl (C=O) groups is 1. The molecule has 1 aromatic rings. The van der Waals surface area contributed by atoms with Crippen molar-refractivity contribution in [3.05, 3.63) is 29.6 Å². The first-order valence-electron chi connectivity index (χ1n) is 8.07. The Labute approximate surface area is 138 Å². The number of rotatable bonds is 4. The molecule has 23 heavy (non-hydrogen) atoms. The zero-order valence-electron chi connectivity index (χ0n) is 14.8. The smallest absolute Gasteiger partial charge is 0.399 e. The fraction of sp³-hybridized carbons (Fsp3) is 0.588. The number of nitrogens with zero attached hydrogens (tertiary/aromatic N) is 1. The quantitative estimate of drug-likeness (QED) is 0.800. The summed E-state index contributed by atoms with van der Waals surface area (Å²) in [5.41, 5.74) is -0.306. The Hall–Kier alpha value is -1.40. The Bertz CT molecular complexity index is 584. The summed E-state index contributed by atoms with van der Waals surface area (Å²) in [4.78, 5) is 13.9. The predicted octanol–water partition coefficient (Wildman–Crippen LogP) is 2.61. The topological polar surface area (TPSA) is 38.8 Å². The fourth-order valence-corrected chi connectivity index (χ4v) is 2.51. The van der Waals surface area contributed by atoms with Crippen molar-refractivity contribution in [1.29, 1.82) is 0 Å². The molecule has 4 nitrogen and oxygen atoms in total. The van der Waals surface area contributed by atoms with Gasteiger partial charge in [0.1, 0.15) is 5.82 Å². The van der Waals surface area contributed by atoms with Crippen LogP contribution in [0.4, 0.5) is 4.39 Å². The Morgan fingerprint density at radius 1 is 1.13 bits per heavy atom. The lowest BCUT2D eigenvalue weighted by Gasteiger charge is -2.32. The van der Waals surface area contributed by atoms with Gasteiger partial charge in [0.25, 0.3) is 5.91 Å². The van der Waals surface area contributed by atoms with Crippen LogP contribution in [0.25, 0.3) is 0 Å². The van der Waals surface area contributed by atoms with Gasteiger partial charge in [0.2, 0.25) is 0 Å². The van der Waals surface area contributed by atoms with Gasteiger partial charge in [0.15, 0.2) is 0 Å². The largest absolute Gasteiger partial charge is 0.494 e. The van der Waals surface area contributed by atoms with Gasteiger partial charge in [-0.05, 0) is 59.1 Å². The van der Waals surface area contributed by atoms with E-state index in [0.29, 0.717) is 18.6 Å². The molecule has 0 saturated carbocycles. The number of benzene rings is 1. The third-order valence-electron chi connectivity index (χ3n) is 4.80. The van der Waals surface area contributed by atoms with E-state index in [1.807, 2.05) is 41.5 Å². The summed E-state index contributed by atoms with van der Waals surface area (Å²) < 4.78 is 26.2. The summed E-state index contributed by atoms with van der Waals surface area (Å²) in [7, 11) is -0.632. The fourth-order valence-electron chi connectivity index (χ4n) is 2.51. The van der Waals surface area contributed by atoms with Crippen LogP contribution in [0.2, 0.25) is 0 Å². The van der Waals surface area contributed by atoms with Crippen LogP contribution in [-0.2, 0) is 9.31 Å². The number of carbonyl (C=O) groups excluding carboxylic acids is 1. The highest BCUT2D eigenvalue weighted by Gasteiger charge is 2.51. The molecule has 0 atom stereocenters. The third kappa shape index (κ3) is 3.28. The van der Waals surface area contributed by atoms with E-state index in [0.717, 1.165) is 0 Å². The summed E-state index contributed by atoms with van der Waals surface area (Å²) in [6.07, 6.45) is 0. The zero-order chi connectivity index (χ0) is 17.4. The molecule has 1 saturated heterocycles. The minimum atomic E-state index is -0.632. The van der Waals surface area contributed by atoms with E-state index in [-0.39, 0.29) is 11.5 Å². The second-order valence-electron chi connectivity index (χ2n) is 6.80. The molecule has 6 heteroatoms. The van der Waals surface area contributed by atoms with Crippen molar-refractivity contribution in [3.8, 4) is 0 Å². The number of halogens is 1. The Morgan fingerprint density at radius 3 is 2.09 bits per heavy atom. The molecular formula is C17H25BFNO3. The molecule has 1 aliphatic rings. The molecule has 1 fully saturated rings. The molecule has 1 amide bonds. The van der Waals surface area contributed by atoms with Gasteiger partial charge in [-0.3, -0.25) is 4.79 Å². The standard InChI is InChI=1S/C17H25BFNO3/c1-7-20(8-2)15(21)13-10-9-12(11-14(13)19)18-22-16(3,4)17(5,6)23-18/h9-11H,7-8H2,1-6H3. The van der Waals surface area contributed by atoms with Gasteiger partial charge in [-0.1, -0.05) is 6.07 Å². The molecule has 2 rings (SSSR count). The number of amides is 1. The van der Waals surface area contributed by atoms with Crippen molar-refractivity contribution in [3.63, 3.8) is 0 Å². The van der Waals surface area contributed by atoms with Crippen LogP contribution in [-0.4, -0.2) is 42.2 Å². The molecule has 0 bridgehead atoms. The number of hydrogen-bond acceptors (Lipinski definition) is 3. The monoisotopic (exact) mass is 321 g/mol. The second-order valence-corrected chi connectivity index (χ2v) is 6.80. The van der Waals surface area contributed by atoms with Gasteiger partial charge < -0.3 is 14.2 Å². The van der Waals surface area contributed by atoms with E-state index in [2.05, 4.69) is 0 Å². The summed E-state index contributed by atoms with van der Waals surface area (Å²) in [6.45, 7) is 12.6. The molecule has 126 valence electrons. The Balaban J connectivity index is 2.26. The van der Waals surface area contributed by atoms with Crippen molar-refractivity contribution in [2.45, 2.75) is 52.7 Å². The molecule has 0 unspecified atom stereocenters. The lowest BCUT2D eigenvalue weighted by Crippen LogP contribution is -2.41. The molecule has 0 aromatic heterocycles. The van der Waals surface area contributed by atoms with Crippen molar-refractivity contribution < 1.29 is 18.5 Å². The summed E-state index contributed by atoms with van der Waals surface area (Å²) in [5.74, 6) is -0.845. The minimum Gasteiger partial charge on any atom is -0.399 e. The van der Waals surface area contributed by atoms with Crippen LogP contribution in [0.5, 0.6) is 0 Å². The molecule has 0 spiro atoms. The van der Waals surface area contributed by atoms with Crippen molar-refractivity contribution >= 4 is 18.5 Å². The van der Waals surface area contributed by atoms with Crippen LogP contribution in [0.3, 0.4) is 0 Å². The van der Waals surface area contributed by atoms with Gasteiger partial charge in [0, 0.05) is 13.1 Å². The summed E-state index contributed by atoms with van der Waals surface area (Å²) >= 11 is 0. The van der Waals surface area contributed by atoms with Gasteiger partial charge in [-0.25, -0.2) is 4.39 Å². The maximum Gasteiger partial charge on any atom is 0.494 e. The lowest BCUT2D eigenvalue weighted by atomic mass is 9.78. The van der Waals surface area contributed by atoms with Gasteiger partial charge in [-0.15, -0.1) is 0 Å². The molecule has 1 heterocycles. The van der Waals surface area contributed by atoms with Crippen LogP contribution in [0, 0.1) is 5.82 Å². The maximum atomic E-state index is 14.4. The van der Waals surface area contributed by atoms with Crippen LogP contribution < -0.4 is 5.46 Å². The van der Waals surface area contributed by atoms with E-state index in [1.165, 1.54) is 12.1 Å². The summed E-state index contributed by atoms with van der Waals surface area (Å²) in [6, 6.07) is 4.54. The molecule has 1 aromatic carbocycles. The third-order valence-corrected chi connectivity index (χ3v) is 4.80. The maximum absolute atomic E-state index is 14.4.